The summed E-state index contributed by atoms with van der Waals surface area (Å²) in [6.07, 6.45) is -4.05. The van der Waals surface area contributed by atoms with E-state index in [0.29, 0.717) is 0 Å². The van der Waals surface area contributed by atoms with Gasteiger partial charge in [-0.3, -0.25) is 4.79 Å². The van der Waals surface area contributed by atoms with Crippen molar-refractivity contribution < 1.29 is 33.0 Å². The highest BCUT2D eigenvalue weighted by Gasteiger charge is 2.59. The van der Waals surface area contributed by atoms with Crippen molar-refractivity contribution in [2.45, 2.75) is 24.6 Å². The minimum Gasteiger partial charge on any atom is -0.477 e. The van der Waals surface area contributed by atoms with Crippen molar-refractivity contribution in [1.29, 1.82) is 0 Å². The molecule has 3 N–H and O–H groups in total. The summed E-state index contributed by atoms with van der Waals surface area (Å²) in [4.78, 5) is 31.0. The fourth-order valence-corrected chi connectivity index (χ4v) is 3.87. The molecule has 0 aliphatic heterocycles. The summed E-state index contributed by atoms with van der Waals surface area (Å²) in [5, 5.41) is 21.8. The number of amides is 1. The van der Waals surface area contributed by atoms with E-state index in [4.69, 9.17) is 28.3 Å². The molecule has 0 bridgehead atoms. The van der Waals surface area contributed by atoms with Gasteiger partial charge in [0.15, 0.2) is 11.3 Å². The number of aromatic carboxylic acids is 1. The lowest BCUT2D eigenvalue weighted by atomic mass is 9.78. The van der Waals surface area contributed by atoms with Gasteiger partial charge in [0.1, 0.15) is 11.0 Å². The van der Waals surface area contributed by atoms with Crippen LogP contribution in [0.1, 0.15) is 44.8 Å². The summed E-state index contributed by atoms with van der Waals surface area (Å²) in [6, 6.07) is 9.47. The lowest BCUT2D eigenvalue weighted by molar-refractivity contribution is -0.274. The van der Waals surface area contributed by atoms with Crippen LogP contribution in [0.2, 0.25) is 10.2 Å². The van der Waals surface area contributed by atoms with Crippen LogP contribution in [0.3, 0.4) is 0 Å². The zero-order valence-corrected chi connectivity index (χ0v) is 18.8. The van der Waals surface area contributed by atoms with Crippen LogP contribution in [-0.4, -0.2) is 38.2 Å². The first-order valence-corrected chi connectivity index (χ1v) is 10.3. The maximum absolute atomic E-state index is 14.1. The summed E-state index contributed by atoms with van der Waals surface area (Å²) >= 11 is 12.0. The van der Waals surface area contributed by atoms with E-state index in [-0.39, 0.29) is 32.8 Å². The molecule has 3 aromatic rings. The smallest absolute Gasteiger partial charge is 0.422 e. The molecule has 7 nitrogen and oxygen atoms in total. The predicted molar refractivity (Wildman–Crippen MR) is 118 cm³/mol. The number of carboxylic acid groups (broad SMARTS) is 1. The number of alkyl halides is 3. The molecule has 0 fully saturated rings. The zero-order chi connectivity index (χ0) is 25.3. The monoisotopic (exact) mass is 513 g/mol. The van der Waals surface area contributed by atoms with Crippen molar-refractivity contribution in [1.82, 2.24) is 9.97 Å². The topological polar surface area (TPSA) is 112 Å². The van der Waals surface area contributed by atoms with Gasteiger partial charge in [-0.2, -0.15) is 13.2 Å². The highest BCUT2D eigenvalue weighted by molar-refractivity contribution is 6.32. The first-order chi connectivity index (χ1) is 15.8. The Morgan fingerprint density at radius 2 is 1.79 bits per heavy atom. The molecule has 2 aromatic heterocycles. The van der Waals surface area contributed by atoms with Crippen molar-refractivity contribution in [3.8, 4) is 0 Å². The zero-order valence-electron chi connectivity index (χ0n) is 17.3. The number of aromatic nitrogens is 2. The van der Waals surface area contributed by atoms with Gasteiger partial charge in [-0.25, -0.2) is 14.8 Å². The van der Waals surface area contributed by atoms with E-state index in [2.05, 4.69) is 15.3 Å². The molecule has 0 aliphatic rings. The van der Waals surface area contributed by atoms with E-state index in [1.165, 1.54) is 30.3 Å². The van der Waals surface area contributed by atoms with Crippen molar-refractivity contribution in [3.05, 3.63) is 87.3 Å². The molecule has 0 saturated carbocycles. The van der Waals surface area contributed by atoms with Crippen molar-refractivity contribution in [2.75, 3.05) is 5.32 Å². The molecule has 3 rings (SSSR count). The molecular weight excluding hydrogens is 498 g/mol. The highest BCUT2D eigenvalue weighted by atomic mass is 35.5. The summed E-state index contributed by atoms with van der Waals surface area (Å²) in [6.45, 7) is 1.14. The van der Waals surface area contributed by atoms with Crippen LogP contribution in [0.25, 0.3) is 0 Å². The molecule has 1 aromatic carbocycles. The van der Waals surface area contributed by atoms with Gasteiger partial charge in [0, 0.05) is 22.7 Å². The quantitative estimate of drug-likeness (QED) is 0.386. The first kappa shape index (κ1) is 25.4. The van der Waals surface area contributed by atoms with Crippen LogP contribution >= 0.6 is 23.2 Å². The number of carboxylic acids is 1. The number of anilines is 1. The van der Waals surface area contributed by atoms with Crippen molar-refractivity contribution in [3.63, 3.8) is 0 Å². The van der Waals surface area contributed by atoms with Gasteiger partial charge >= 0.3 is 12.1 Å². The molecule has 0 spiro atoms. The van der Waals surface area contributed by atoms with E-state index in [1.54, 1.807) is 0 Å². The van der Waals surface area contributed by atoms with Crippen molar-refractivity contribution in [2.24, 2.45) is 0 Å². The van der Waals surface area contributed by atoms with Gasteiger partial charge in [-0.05, 0) is 47.5 Å². The Hall–Kier alpha value is -3.21. The molecule has 2 unspecified atom stereocenters. The van der Waals surface area contributed by atoms with Gasteiger partial charge in [-0.1, -0.05) is 42.3 Å². The third kappa shape index (κ3) is 4.98. The van der Waals surface area contributed by atoms with Crippen LogP contribution in [-0.2, 0) is 5.60 Å². The standard InChI is InChI=1S/C22H16Cl2F3N3O4/c1-11(21(34,22(25,26)27)13-7-8-28-17(24)10-13)14-6-5-12(9-15(14)23)19(31)30-18-4-2-3-16(29-18)20(32)33/h2-11,34H,1H3,(H,32,33)(H,29,30,31). The van der Waals surface area contributed by atoms with Gasteiger partial charge in [0.2, 0.25) is 0 Å². The Kier molecular flexibility index (Phi) is 7.15. The molecule has 12 heteroatoms. The number of hydrogen-bond acceptors (Lipinski definition) is 5. The van der Waals surface area contributed by atoms with Crippen LogP contribution in [0.15, 0.2) is 54.7 Å². The SMILES string of the molecule is CC(c1ccc(C(=O)Nc2cccc(C(=O)O)n2)cc1Cl)C(O)(c1ccnc(Cl)c1)C(F)(F)F. The molecular formula is C22H16Cl2F3N3O4. The van der Waals surface area contributed by atoms with Gasteiger partial charge < -0.3 is 15.5 Å². The molecule has 0 saturated heterocycles. The minimum atomic E-state index is -5.10. The first-order valence-electron chi connectivity index (χ1n) is 9.57. The van der Waals surface area contributed by atoms with E-state index in [9.17, 15) is 27.9 Å². The predicted octanol–water partition coefficient (Wildman–Crippen LogP) is 5.29. The summed E-state index contributed by atoms with van der Waals surface area (Å²) < 4.78 is 42.2. The van der Waals surface area contributed by atoms with E-state index < -0.39 is 35.1 Å². The van der Waals surface area contributed by atoms with E-state index >= 15 is 0 Å². The number of nitrogens with zero attached hydrogens (tertiary/aromatic N) is 2. The molecule has 1 amide bonds. The molecule has 0 aliphatic carbocycles. The largest absolute Gasteiger partial charge is 0.477 e. The fourth-order valence-electron chi connectivity index (χ4n) is 3.36. The number of halogens is 5. The number of benzene rings is 1. The Balaban J connectivity index is 1.93. The fraction of sp³-hybridized carbons (Fsp3) is 0.182. The maximum Gasteiger partial charge on any atom is 0.422 e. The Bertz CT molecular complexity index is 1260. The van der Waals surface area contributed by atoms with Gasteiger partial charge in [-0.15, -0.1) is 0 Å². The van der Waals surface area contributed by atoms with Crippen LogP contribution < -0.4 is 5.32 Å². The molecule has 2 atom stereocenters. The number of pyridine rings is 2. The Morgan fingerprint density at radius 3 is 2.38 bits per heavy atom. The van der Waals surface area contributed by atoms with Crippen LogP contribution in [0, 0.1) is 0 Å². The summed E-state index contributed by atoms with van der Waals surface area (Å²) in [5.74, 6) is -3.64. The number of carbonyl (C=O) groups is 2. The maximum atomic E-state index is 14.1. The molecule has 0 radical (unpaired) electrons. The van der Waals surface area contributed by atoms with Crippen LogP contribution in [0.4, 0.5) is 19.0 Å². The number of rotatable bonds is 6. The number of aliphatic hydroxyl groups is 1. The second-order valence-electron chi connectivity index (χ2n) is 7.26. The van der Waals surface area contributed by atoms with Crippen LogP contribution in [0.5, 0.6) is 0 Å². The summed E-state index contributed by atoms with van der Waals surface area (Å²) in [5.41, 5.74) is -4.26. The third-order valence-corrected chi connectivity index (χ3v) is 5.70. The normalized spacial score (nSPS) is 14.2. The second kappa shape index (κ2) is 9.57. The third-order valence-electron chi connectivity index (χ3n) is 5.16. The lowest BCUT2D eigenvalue weighted by Gasteiger charge is -2.37. The average Bonchev–Trinajstić information content (AvgIpc) is 2.77. The van der Waals surface area contributed by atoms with Crippen molar-refractivity contribution >= 4 is 40.9 Å². The molecule has 2 heterocycles. The Labute approximate surface area is 201 Å². The minimum absolute atomic E-state index is 0.0222. The lowest BCUT2D eigenvalue weighted by Crippen LogP contribution is -2.46. The number of carbonyl (C=O) groups excluding carboxylic acids is 1. The van der Waals surface area contributed by atoms with E-state index in [1.807, 2.05) is 0 Å². The highest BCUT2D eigenvalue weighted by Crippen LogP contribution is 2.50. The van der Waals surface area contributed by atoms with Gasteiger partial charge in [0.25, 0.3) is 5.91 Å². The van der Waals surface area contributed by atoms with Gasteiger partial charge in [0.05, 0.1) is 0 Å². The average molecular weight is 514 g/mol. The molecule has 178 valence electrons. The van der Waals surface area contributed by atoms with E-state index in [0.717, 1.165) is 31.3 Å². The number of nitrogens with one attached hydrogen (secondary N) is 1. The summed E-state index contributed by atoms with van der Waals surface area (Å²) in [7, 11) is 0. The Morgan fingerprint density at radius 1 is 1.09 bits per heavy atom. The second-order valence-corrected chi connectivity index (χ2v) is 8.05. The number of hydrogen-bond donors (Lipinski definition) is 3. The molecule has 34 heavy (non-hydrogen) atoms.